The predicted octanol–water partition coefficient (Wildman–Crippen LogP) is 3.65. The fraction of sp³-hybridized carbons (Fsp3) is 0.300. The largest absolute Gasteiger partial charge is 0.436 e. The fourth-order valence-electron chi connectivity index (χ4n) is 3.77. The van der Waals surface area contributed by atoms with Gasteiger partial charge in [-0.15, -0.1) is 0 Å². The van der Waals surface area contributed by atoms with Crippen molar-refractivity contribution in [1.29, 1.82) is 0 Å². The predicted molar refractivity (Wildman–Crippen MR) is 99.7 cm³/mol. The minimum atomic E-state index is 0.391. The van der Waals surface area contributed by atoms with Gasteiger partial charge in [-0.1, -0.05) is 12.1 Å². The van der Waals surface area contributed by atoms with Gasteiger partial charge in [0.1, 0.15) is 11.3 Å². The summed E-state index contributed by atoms with van der Waals surface area (Å²) >= 11 is 0. The highest BCUT2D eigenvalue weighted by molar-refractivity contribution is 5.83. The number of nitrogens with zero attached hydrogens (tertiary/aromatic N) is 3. The lowest BCUT2D eigenvalue weighted by molar-refractivity contribution is 0.0699. The molecule has 5 rings (SSSR count). The Morgan fingerprint density at radius 3 is 2.69 bits per heavy atom. The lowest BCUT2D eigenvalue weighted by Crippen LogP contribution is -2.22. The highest BCUT2D eigenvalue weighted by Gasteiger charge is 2.21. The molecule has 0 spiro atoms. The number of oxazole rings is 1. The summed E-state index contributed by atoms with van der Waals surface area (Å²) in [6.45, 7) is 1.99. The number of nitrogens with two attached hydrogens (primary N) is 1. The van der Waals surface area contributed by atoms with Crippen molar-refractivity contribution in [1.82, 2.24) is 14.5 Å². The van der Waals surface area contributed by atoms with E-state index in [9.17, 15) is 0 Å². The van der Waals surface area contributed by atoms with Crippen LogP contribution in [0.15, 0.2) is 46.9 Å². The van der Waals surface area contributed by atoms with Crippen LogP contribution in [0.5, 0.6) is 0 Å². The molecular weight excluding hydrogens is 328 g/mol. The van der Waals surface area contributed by atoms with Gasteiger partial charge in [0, 0.05) is 24.8 Å². The van der Waals surface area contributed by atoms with E-state index < -0.39 is 0 Å². The molecule has 1 fully saturated rings. The number of hydrogen-bond donors (Lipinski definition) is 1. The van der Waals surface area contributed by atoms with E-state index in [0.717, 1.165) is 59.6 Å². The van der Waals surface area contributed by atoms with Gasteiger partial charge in [0.2, 0.25) is 5.89 Å². The Morgan fingerprint density at radius 1 is 1.04 bits per heavy atom. The van der Waals surface area contributed by atoms with Crippen molar-refractivity contribution in [2.24, 2.45) is 5.73 Å². The molecule has 0 bridgehead atoms. The first kappa shape index (κ1) is 15.5. The smallest absolute Gasteiger partial charge is 0.227 e. The minimum absolute atomic E-state index is 0.391. The topological polar surface area (TPSA) is 79.1 Å². The molecule has 2 N–H and O–H groups in total. The molecule has 0 radical (unpaired) electrons. The summed E-state index contributed by atoms with van der Waals surface area (Å²) in [6, 6.07) is 14.4. The molecule has 26 heavy (non-hydrogen) atoms. The summed E-state index contributed by atoms with van der Waals surface area (Å²) in [7, 11) is 0. The number of para-hydroxylation sites is 2. The SMILES string of the molecule is NCc1nc2cc(-c3nc4ccccc4o3)ccc2n1C1CCOCC1. The monoisotopic (exact) mass is 348 g/mol. The van der Waals surface area contributed by atoms with Gasteiger partial charge in [-0.25, -0.2) is 9.97 Å². The van der Waals surface area contributed by atoms with Crippen LogP contribution >= 0.6 is 0 Å². The van der Waals surface area contributed by atoms with E-state index in [1.54, 1.807) is 0 Å². The van der Waals surface area contributed by atoms with E-state index in [1.165, 1.54) is 0 Å². The maximum Gasteiger partial charge on any atom is 0.227 e. The van der Waals surface area contributed by atoms with Gasteiger partial charge in [-0.05, 0) is 43.2 Å². The maximum absolute atomic E-state index is 5.98. The molecule has 1 saturated heterocycles. The summed E-state index contributed by atoms with van der Waals surface area (Å²) in [5.74, 6) is 1.53. The third-order valence-electron chi connectivity index (χ3n) is 5.04. The lowest BCUT2D eigenvalue weighted by atomic mass is 10.1. The standard InChI is InChI=1S/C20H20N4O2/c21-12-19-22-16-11-13(20-23-15-3-1-2-4-18(15)26-20)5-6-17(16)24(19)14-7-9-25-10-8-14/h1-6,11,14H,7-10,12,21H2. The molecule has 0 amide bonds. The average molecular weight is 348 g/mol. The molecule has 4 aromatic rings. The van der Waals surface area contributed by atoms with E-state index in [4.69, 9.17) is 19.9 Å². The van der Waals surface area contributed by atoms with E-state index in [1.807, 2.05) is 36.4 Å². The van der Waals surface area contributed by atoms with Crippen LogP contribution in [-0.2, 0) is 11.3 Å². The van der Waals surface area contributed by atoms with Gasteiger partial charge >= 0.3 is 0 Å². The van der Waals surface area contributed by atoms with E-state index >= 15 is 0 Å². The zero-order valence-electron chi connectivity index (χ0n) is 14.4. The third-order valence-corrected chi connectivity index (χ3v) is 5.04. The summed E-state index contributed by atoms with van der Waals surface area (Å²) < 4.78 is 13.7. The van der Waals surface area contributed by atoms with Crippen molar-refractivity contribution in [3.8, 4) is 11.5 Å². The Hall–Kier alpha value is -2.70. The Morgan fingerprint density at radius 2 is 1.88 bits per heavy atom. The summed E-state index contributed by atoms with van der Waals surface area (Å²) in [4.78, 5) is 9.36. The molecule has 132 valence electrons. The van der Waals surface area contributed by atoms with E-state index in [0.29, 0.717) is 18.5 Å². The lowest BCUT2D eigenvalue weighted by Gasteiger charge is -2.25. The van der Waals surface area contributed by atoms with E-state index in [2.05, 4.69) is 15.6 Å². The first-order chi connectivity index (χ1) is 12.8. The van der Waals surface area contributed by atoms with Crippen molar-refractivity contribution >= 4 is 22.1 Å². The molecule has 6 nitrogen and oxygen atoms in total. The van der Waals surface area contributed by atoms with Gasteiger partial charge in [0.15, 0.2) is 5.58 Å². The second-order valence-electron chi connectivity index (χ2n) is 6.64. The van der Waals surface area contributed by atoms with Crippen LogP contribution in [0.3, 0.4) is 0 Å². The van der Waals surface area contributed by atoms with Crippen molar-refractivity contribution in [2.75, 3.05) is 13.2 Å². The zero-order chi connectivity index (χ0) is 17.5. The van der Waals surface area contributed by atoms with Crippen LogP contribution in [0.1, 0.15) is 24.7 Å². The second-order valence-corrected chi connectivity index (χ2v) is 6.64. The van der Waals surface area contributed by atoms with Crippen molar-refractivity contribution < 1.29 is 9.15 Å². The van der Waals surface area contributed by atoms with Gasteiger partial charge in [-0.2, -0.15) is 0 Å². The minimum Gasteiger partial charge on any atom is -0.436 e. The molecule has 2 aromatic heterocycles. The first-order valence-electron chi connectivity index (χ1n) is 8.98. The van der Waals surface area contributed by atoms with Crippen molar-refractivity contribution in [2.45, 2.75) is 25.4 Å². The van der Waals surface area contributed by atoms with Gasteiger partial charge in [0.05, 0.1) is 17.6 Å². The number of hydrogen-bond acceptors (Lipinski definition) is 5. The van der Waals surface area contributed by atoms with Gasteiger partial charge in [0.25, 0.3) is 0 Å². The Bertz CT molecular complexity index is 1040. The summed E-state index contributed by atoms with van der Waals surface area (Å²) in [5.41, 5.74) is 10.6. The third kappa shape index (κ3) is 2.50. The maximum atomic E-state index is 5.98. The number of ether oxygens (including phenoxy) is 1. The van der Waals surface area contributed by atoms with E-state index in [-0.39, 0.29) is 0 Å². The van der Waals surface area contributed by atoms with Crippen LogP contribution in [0.2, 0.25) is 0 Å². The number of imidazole rings is 1. The first-order valence-corrected chi connectivity index (χ1v) is 8.98. The second kappa shape index (κ2) is 6.23. The molecule has 6 heteroatoms. The Kier molecular flexibility index (Phi) is 3.72. The number of benzene rings is 2. The number of aromatic nitrogens is 3. The number of rotatable bonds is 3. The summed E-state index contributed by atoms with van der Waals surface area (Å²) in [6.07, 6.45) is 1.98. The molecule has 3 heterocycles. The molecule has 0 saturated carbocycles. The zero-order valence-corrected chi connectivity index (χ0v) is 14.4. The van der Waals surface area contributed by atoms with Crippen LogP contribution in [0, 0.1) is 0 Å². The van der Waals surface area contributed by atoms with Crippen molar-refractivity contribution in [3.63, 3.8) is 0 Å². The highest BCUT2D eigenvalue weighted by Crippen LogP contribution is 2.31. The quantitative estimate of drug-likeness (QED) is 0.611. The molecule has 1 aliphatic rings. The van der Waals surface area contributed by atoms with Crippen LogP contribution in [0.25, 0.3) is 33.6 Å². The molecular formula is C20H20N4O2. The van der Waals surface area contributed by atoms with Gasteiger partial charge in [-0.3, -0.25) is 0 Å². The number of fused-ring (bicyclic) bond motifs is 2. The molecule has 1 aliphatic heterocycles. The Balaban J connectivity index is 1.61. The van der Waals surface area contributed by atoms with Gasteiger partial charge < -0.3 is 19.5 Å². The highest BCUT2D eigenvalue weighted by atomic mass is 16.5. The van der Waals surface area contributed by atoms with Crippen LogP contribution in [0.4, 0.5) is 0 Å². The molecule has 2 aromatic carbocycles. The Labute approximate surface area is 150 Å². The summed E-state index contributed by atoms with van der Waals surface area (Å²) in [5, 5.41) is 0. The molecule has 0 aliphatic carbocycles. The van der Waals surface area contributed by atoms with Crippen LogP contribution in [-0.4, -0.2) is 27.7 Å². The molecule has 0 atom stereocenters. The van der Waals surface area contributed by atoms with Crippen LogP contribution < -0.4 is 5.73 Å². The fourth-order valence-corrected chi connectivity index (χ4v) is 3.77. The average Bonchev–Trinajstić information content (AvgIpc) is 3.29. The normalized spacial score (nSPS) is 15.9. The van der Waals surface area contributed by atoms with Crippen molar-refractivity contribution in [3.05, 3.63) is 48.3 Å². The molecule has 0 unspecified atom stereocenters.